The minimum atomic E-state index is -6.93. The highest BCUT2D eigenvalue weighted by Crippen LogP contribution is 2.54. The van der Waals surface area contributed by atoms with E-state index in [0.29, 0.717) is 5.56 Å². The Morgan fingerprint density at radius 3 is 1.85 bits per heavy atom. The molecule has 2 N–H and O–H groups in total. The van der Waals surface area contributed by atoms with Crippen molar-refractivity contribution in [2.75, 3.05) is 0 Å². The van der Waals surface area contributed by atoms with E-state index in [1.54, 1.807) is 11.4 Å². The summed E-state index contributed by atoms with van der Waals surface area (Å²) in [6, 6.07) is 3.63. The van der Waals surface area contributed by atoms with Crippen molar-refractivity contribution in [2.45, 2.75) is 42.4 Å². The van der Waals surface area contributed by atoms with Crippen molar-refractivity contribution < 1.29 is 39.5 Å². The van der Waals surface area contributed by atoms with Crippen molar-refractivity contribution in [3.05, 3.63) is 35.9 Å². The van der Waals surface area contributed by atoms with Crippen molar-refractivity contribution in [1.82, 2.24) is 10.6 Å². The molecule has 2 rings (SSSR count). The lowest BCUT2D eigenvalue weighted by Gasteiger charge is -2.42. The summed E-state index contributed by atoms with van der Waals surface area (Å²) in [7, 11) is 0. The molecular formula is C14H11F9N2S. The van der Waals surface area contributed by atoms with Crippen LogP contribution in [0.25, 0.3) is 0 Å². The Balaban J connectivity index is 2.36. The summed E-state index contributed by atoms with van der Waals surface area (Å²) >= 11 is 4.61. The summed E-state index contributed by atoms with van der Waals surface area (Å²) in [6.45, 7) is 0. The number of hydrogen-bond donors (Lipinski definition) is 2. The van der Waals surface area contributed by atoms with Gasteiger partial charge >= 0.3 is 23.9 Å². The van der Waals surface area contributed by atoms with Gasteiger partial charge in [-0.1, -0.05) is 30.3 Å². The molecule has 1 heterocycles. The van der Waals surface area contributed by atoms with Gasteiger partial charge in [-0.15, -0.1) is 0 Å². The third-order valence-electron chi connectivity index (χ3n) is 3.89. The van der Waals surface area contributed by atoms with E-state index in [9.17, 15) is 39.5 Å². The van der Waals surface area contributed by atoms with Crippen LogP contribution in [0.4, 0.5) is 39.5 Å². The Labute approximate surface area is 146 Å². The highest BCUT2D eigenvalue weighted by Gasteiger charge is 2.83. The fourth-order valence-electron chi connectivity index (χ4n) is 2.46. The maximum Gasteiger partial charge on any atom is 0.460 e. The Hall–Kier alpha value is -1.72. The predicted molar refractivity (Wildman–Crippen MR) is 77.4 cm³/mol. The molecule has 1 aromatic rings. The predicted octanol–water partition coefficient (Wildman–Crippen LogP) is 4.43. The van der Waals surface area contributed by atoms with E-state index < -0.39 is 47.6 Å². The van der Waals surface area contributed by atoms with Gasteiger partial charge in [-0.05, 0) is 24.2 Å². The first-order valence-electron chi connectivity index (χ1n) is 7.04. The fraction of sp³-hybridized carbons (Fsp3) is 0.500. The number of nitrogens with one attached hydrogen (secondary N) is 2. The first kappa shape index (κ1) is 20.6. The molecule has 1 aliphatic heterocycles. The largest absolute Gasteiger partial charge is 0.460 e. The number of benzene rings is 1. The second-order valence-corrected chi connectivity index (χ2v) is 6.05. The van der Waals surface area contributed by atoms with E-state index in [0.717, 1.165) is 0 Å². The third-order valence-corrected chi connectivity index (χ3v) is 4.13. The van der Waals surface area contributed by atoms with Gasteiger partial charge in [0.15, 0.2) is 5.11 Å². The molecule has 1 fully saturated rings. The van der Waals surface area contributed by atoms with Crippen molar-refractivity contribution >= 4 is 17.3 Å². The van der Waals surface area contributed by atoms with Crippen LogP contribution in [-0.4, -0.2) is 35.1 Å². The summed E-state index contributed by atoms with van der Waals surface area (Å²) in [5.41, 5.74) is 0.322. The summed E-state index contributed by atoms with van der Waals surface area (Å²) in [5.74, 6) is -19.4. The Morgan fingerprint density at radius 2 is 1.35 bits per heavy atom. The Morgan fingerprint density at radius 1 is 0.808 bits per heavy atom. The summed E-state index contributed by atoms with van der Waals surface area (Å²) in [6.07, 6.45) is -7.76. The summed E-state index contributed by atoms with van der Waals surface area (Å²) in [5, 5.41) is 3.59. The molecule has 2 nitrogen and oxygen atoms in total. The lowest BCUT2D eigenvalue weighted by Crippen LogP contribution is -2.69. The first-order chi connectivity index (χ1) is 11.7. The lowest BCUT2D eigenvalue weighted by molar-refractivity contribution is -0.399. The summed E-state index contributed by atoms with van der Waals surface area (Å²) < 4.78 is 118. The zero-order valence-electron chi connectivity index (χ0n) is 12.6. The molecule has 2 atom stereocenters. The maximum absolute atomic E-state index is 14.1. The number of alkyl halides is 9. The van der Waals surface area contributed by atoms with Gasteiger partial charge in [-0.25, -0.2) is 0 Å². The average Bonchev–Trinajstić information content (AvgIpc) is 2.53. The third kappa shape index (κ3) is 3.30. The summed E-state index contributed by atoms with van der Waals surface area (Å²) in [4.78, 5) is 0. The highest BCUT2D eigenvalue weighted by molar-refractivity contribution is 7.80. The fourth-order valence-corrected chi connectivity index (χ4v) is 2.75. The maximum atomic E-state index is 14.1. The second kappa shape index (κ2) is 6.46. The van der Waals surface area contributed by atoms with Crippen LogP contribution in [0.15, 0.2) is 30.3 Å². The molecule has 12 heteroatoms. The quantitative estimate of drug-likeness (QED) is 0.567. The monoisotopic (exact) mass is 410 g/mol. The van der Waals surface area contributed by atoms with Crippen LogP contribution >= 0.6 is 12.2 Å². The van der Waals surface area contributed by atoms with E-state index >= 15 is 0 Å². The number of hydrogen-bond acceptors (Lipinski definition) is 1. The normalized spacial score (nSPS) is 22.6. The van der Waals surface area contributed by atoms with Crippen LogP contribution in [0.5, 0.6) is 0 Å². The molecular weight excluding hydrogens is 399 g/mol. The molecule has 0 aromatic heterocycles. The molecule has 0 saturated carbocycles. The van der Waals surface area contributed by atoms with E-state index in [1.165, 1.54) is 24.3 Å². The Bertz CT molecular complexity index is 660. The lowest BCUT2D eigenvalue weighted by atomic mass is 9.89. The standard InChI is InChI=1S/C14H11F9N2S/c15-11(16,12(17,18)13(19,20)14(21,22)23)9-6-8(24-10(26)25-9)7-4-2-1-3-5-7/h1-5,8-9H,6H2,(H2,24,25,26). The molecule has 0 amide bonds. The van der Waals surface area contributed by atoms with E-state index in [-0.39, 0.29) is 0 Å². The van der Waals surface area contributed by atoms with Crippen molar-refractivity contribution in [3.63, 3.8) is 0 Å². The highest BCUT2D eigenvalue weighted by atomic mass is 32.1. The van der Waals surface area contributed by atoms with Gasteiger partial charge in [-0.2, -0.15) is 39.5 Å². The van der Waals surface area contributed by atoms with Crippen LogP contribution in [0.2, 0.25) is 0 Å². The molecule has 0 spiro atoms. The van der Waals surface area contributed by atoms with Crippen LogP contribution in [-0.2, 0) is 0 Å². The van der Waals surface area contributed by atoms with Gasteiger partial charge < -0.3 is 10.6 Å². The number of halogens is 9. The molecule has 1 aromatic carbocycles. The van der Waals surface area contributed by atoms with Crippen molar-refractivity contribution in [2.24, 2.45) is 0 Å². The smallest absolute Gasteiger partial charge is 0.356 e. The van der Waals surface area contributed by atoms with Crippen LogP contribution in [0.3, 0.4) is 0 Å². The van der Waals surface area contributed by atoms with E-state index in [2.05, 4.69) is 17.5 Å². The Kier molecular flexibility index (Phi) is 5.12. The molecule has 0 radical (unpaired) electrons. The van der Waals surface area contributed by atoms with E-state index in [1.807, 2.05) is 0 Å². The van der Waals surface area contributed by atoms with Gasteiger partial charge in [0.25, 0.3) is 0 Å². The van der Waals surface area contributed by atoms with Gasteiger partial charge in [0.2, 0.25) is 0 Å². The molecule has 0 aliphatic carbocycles. The van der Waals surface area contributed by atoms with Crippen LogP contribution in [0, 0.1) is 0 Å². The zero-order valence-corrected chi connectivity index (χ0v) is 13.4. The average molecular weight is 410 g/mol. The van der Waals surface area contributed by atoms with Gasteiger partial charge in [0.05, 0.1) is 6.04 Å². The number of rotatable bonds is 4. The number of thiocarbonyl (C=S) groups is 1. The van der Waals surface area contributed by atoms with Crippen LogP contribution in [0.1, 0.15) is 18.0 Å². The second-order valence-electron chi connectivity index (χ2n) is 5.64. The van der Waals surface area contributed by atoms with E-state index in [4.69, 9.17) is 0 Å². The van der Waals surface area contributed by atoms with Gasteiger partial charge in [0, 0.05) is 0 Å². The van der Waals surface area contributed by atoms with Crippen LogP contribution < -0.4 is 10.6 Å². The topological polar surface area (TPSA) is 24.1 Å². The molecule has 2 unspecified atom stereocenters. The minimum Gasteiger partial charge on any atom is -0.356 e. The first-order valence-corrected chi connectivity index (χ1v) is 7.45. The molecule has 0 bridgehead atoms. The SMILES string of the molecule is FC(F)(F)C(F)(F)C(F)(F)C(F)(F)C1CC(c2ccccc2)NC(=S)N1. The zero-order chi connectivity index (χ0) is 20.0. The molecule has 26 heavy (non-hydrogen) atoms. The van der Waals surface area contributed by atoms with Gasteiger partial charge in [0.1, 0.15) is 6.04 Å². The molecule has 1 aliphatic rings. The molecule has 1 saturated heterocycles. The minimum absolute atomic E-state index is 0.322. The molecule has 146 valence electrons. The van der Waals surface area contributed by atoms with Gasteiger partial charge in [-0.3, -0.25) is 0 Å². The van der Waals surface area contributed by atoms with Crippen molar-refractivity contribution in [1.29, 1.82) is 0 Å². The van der Waals surface area contributed by atoms with Crippen molar-refractivity contribution in [3.8, 4) is 0 Å².